The molecule has 3 rings (SSSR count). The Morgan fingerprint density at radius 1 is 1.05 bits per heavy atom. The second-order valence-corrected chi connectivity index (χ2v) is 4.98. The quantitative estimate of drug-likeness (QED) is 0.740. The fourth-order valence-corrected chi connectivity index (χ4v) is 2.56. The van der Waals surface area contributed by atoms with Gasteiger partial charge in [-0.25, -0.2) is 0 Å². The predicted octanol–water partition coefficient (Wildman–Crippen LogP) is 2.52. The summed E-state index contributed by atoms with van der Waals surface area (Å²) in [7, 11) is 1.79. The fourth-order valence-electron chi connectivity index (χ4n) is 2.56. The molecule has 3 aliphatic rings. The summed E-state index contributed by atoms with van der Waals surface area (Å²) in [6.07, 6.45) is 21.2. The van der Waals surface area contributed by atoms with Crippen molar-refractivity contribution in [2.24, 2.45) is 0 Å². The molecule has 0 aromatic heterocycles. The topological polar surface area (TPSA) is 12.5 Å². The maximum absolute atomic E-state index is 5.23. The zero-order valence-electron chi connectivity index (χ0n) is 12.0. The van der Waals surface area contributed by atoms with Gasteiger partial charge < -0.3 is 4.74 Å². The smallest absolute Gasteiger partial charge is 0.0618 e. The molecule has 2 nitrogen and oxygen atoms in total. The second-order valence-electron chi connectivity index (χ2n) is 4.98. The Bertz CT molecular complexity index is 219. The van der Waals surface area contributed by atoms with Crippen molar-refractivity contribution in [3.63, 3.8) is 0 Å². The molecule has 10 radical (unpaired) electrons. The summed E-state index contributed by atoms with van der Waals surface area (Å²) < 4.78 is 5.23. The van der Waals surface area contributed by atoms with Gasteiger partial charge in [-0.3, -0.25) is 4.90 Å². The summed E-state index contributed by atoms with van der Waals surface area (Å²) in [5, 5.41) is 0. The number of rotatable bonds is 4. The number of nitrogens with zero attached hydrogens (tertiary/aromatic N) is 1. The number of ether oxygens (including phenoxy) is 1. The molecule has 2 aliphatic carbocycles. The molecule has 110 valence electrons. The maximum atomic E-state index is 5.23. The molecule has 1 saturated heterocycles. The number of hydrogen-bond acceptors (Lipinski definition) is 2. The SMILES string of the molecule is COC[C@H]1CCCN1C[C]1[CH][CH][CH][CH]1.[CH]1[CH][CH][CH][CH]1.[Fe]. The number of likely N-dealkylation sites (tertiary alicyclic amines) is 1. The van der Waals surface area contributed by atoms with Gasteiger partial charge in [0.15, 0.2) is 0 Å². The van der Waals surface area contributed by atoms with Gasteiger partial charge in [-0.1, -0.05) is 0 Å². The van der Waals surface area contributed by atoms with Crippen LogP contribution in [-0.2, 0) is 21.8 Å². The average molecular weight is 313 g/mol. The van der Waals surface area contributed by atoms with Crippen LogP contribution < -0.4 is 0 Å². The zero-order valence-corrected chi connectivity index (χ0v) is 13.1. The van der Waals surface area contributed by atoms with Crippen LogP contribution >= 0.6 is 0 Å². The molecular weight excluding hydrogens is 290 g/mol. The molecule has 3 fully saturated rings. The molecule has 0 aromatic rings. The Morgan fingerprint density at radius 3 is 2.20 bits per heavy atom. The third kappa shape index (κ3) is 6.47. The Balaban J connectivity index is 0.000000283. The summed E-state index contributed by atoms with van der Waals surface area (Å²) in [5.74, 6) is 1.42. The van der Waals surface area contributed by atoms with E-state index in [0.717, 1.165) is 13.2 Å². The van der Waals surface area contributed by atoms with Crippen LogP contribution in [0.25, 0.3) is 0 Å². The van der Waals surface area contributed by atoms with Crippen LogP contribution in [0, 0.1) is 63.7 Å². The van der Waals surface area contributed by atoms with Gasteiger partial charge in [0.25, 0.3) is 0 Å². The van der Waals surface area contributed by atoms with E-state index in [2.05, 4.69) is 30.6 Å². The monoisotopic (exact) mass is 313 g/mol. The average Bonchev–Trinajstić information content (AvgIpc) is 3.13. The van der Waals surface area contributed by atoms with Gasteiger partial charge >= 0.3 is 0 Å². The van der Waals surface area contributed by atoms with Crippen LogP contribution in [0.1, 0.15) is 12.8 Å². The van der Waals surface area contributed by atoms with Crippen LogP contribution in [-0.4, -0.2) is 37.7 Å². The minimum Gasteiger partial charge on any atom is -0.383 e. The Labute approximate surface area is 136 Å². The fraction of sp³-hybridized carbons (Fsp3) is 0.412. The van der Waals surface area contributed by atoms with Gasteiger partial charge in [-0.15, -0.1) is 0 Å². The standard InChI is InChI=1S/C12H18NO.C5H5.Fe/c1-14-10-12-7-4-8-13(12)9-11-5-2-3-6-11;1-2-4-5-3-1;/h2-3,5-6,12H,4,7-10H2,1H3;1-5H;/t12-;;/m1../s1. The van der Waals surface area contributed by atoms with Crippen molar-refractivity contribution in [3.8, 4) is 0 Å². The van der Waals surface area contributed by atoms with Gasteiger partial charge in [-0.05, 0) is 83.1 Å². The van der Waals surface area contributed by atoms with E-state index >= 15 is 0 Å². The first-order valence-corrected chi connectivity index (χ1v) is 7.00. The first-order valence-electron chi connectivity index (χ1n) is 7.00. The first kappa shape index (κ1) is 18.5. The molecule has 0 spiro atoms. The van der Waals surface area contributed by atoms with Crippen molar-refractivity contribution in [3.05, 3.63) is 63.7 Å². The zero-order chi connectivity index (χ0) is 13.3. The predicted molar refractivity (Wildman–Crippen MR) is 78.4 cm³/mol. The van der Waals surface area contributed by atoms with E-state index in [0.29, 0.717) is 6.04 Å². The number of hydrogen-bond donors (Lipinski definition) is 0. The van der Waals surface area contributed by atoms with E-state index in [-0.39, 0.29) is 17.1 Å². The number of methoxy groups -OCH3 is 1. The van der Waals surface area contributed by atoms with Crippen molar-refractivity contribution in [1.82, 2.24) is 4.90 Å². The molecule has 0 unspecified atom stereocenters. The summed E-state index contributed by atoms with van der Waals surface area (Å²) in [5.41, 5.74) is 0. The van der Waals surface area contributed by atoms with E-state index in [1.165, 1.54) is 25.3 Å². The van der Waals surface area contributed by atoms with Crippen molar-refractivity contribution in [2.45, 2.75) is 18.9 Å². The maximum Gasteiger partial charge on any atom is 0.0618 e. The van der Waals surface area contributed by atoms with Crippen molar-refractivity contribution >= 4 is 0 Å². The summed E-state index contributed by atoms with van der Waals surface area (Å²) in [4.78, 5) is 2.53. The van der Waals surface area contributed by atoms with Crippen molar-refractivity contribution in [2.75, 3.05) is 26.8 Å². The first-order chi connectivity index (χ1) is 9.40. The third-order valence-electron chi connectivity index (χ3n) is 3.53. The minimum absolute atomic E-state index is 0. The molecule has 0 aromatic carbocycles. The van der Waals surface area contributed by atoms with Crippen molar-refractivity contribution in [1.29, 1.82) is 0 Å². The normalized spacial score (nSPS) is 27.1. The molecule has 20 heavy (non-hydrogen) atoms. The van der Waals surface area contributed by atoms with Gasteiger partial charge in [0.2, 0.25) is 0 Å². The van der Waals surface area contributed by atoms with E-state index in [9.17, 15) is 0 Å². The molecule has 0 amide bonds. The summed E-state index contributed by atoms with van der Waals surface area (Å²) >= 11 is 0. The third-order valence-corrected chi connectivity index (χ3v) is 3.53. The molecule has 0 bridgehead atoms. The molecule has 1 heterocycles. The Morgan fingerprint density at radius 2 is 1.65 bits per heavy atom. The van der Waals surface area contributed by atoms with Crippen molar-refractivity contribution < 1.29 is 21.8 Å². The van der Waals surface area contributed by atoms with Crippen LogP contribution in [0.4, 0.5) is 0 Å². The van der Waals surface area contributed by atoms with Crippen LogP contribution in [0.2, 0.25) is 0 Å². The van der Waals surface area contributed by atoms with E-state index in [1.807, 2.05) is 32.1 Å². The van der Waals surface area contributed by atoms with E-state index < -0.39 is 0 Å². The summed E-state index contributed by atoms with van der Waals surface area (Å²) in [6.45, 7) is 3.18. The minimum atomic E-state index is 0. The molecule has 2 saturated carbocycles. The van der Waals surface area contributed by atoms with Gasteiger partial charge in [0.1, 0.15) is 0 Å². The van der Waals surface area contributed by atoms with Crippen LogP contribution in [0.5, 0.6) is 0 Å². The Kier molecular flexibility index (Phi) is 10.2. The van der Waals surface area contributed by atoms with Crippen LogP contribution in [0.3, 0.4) is 0 Å². The summed E-state index contributed by atoms with van der Waals surface area (Å²) in [6, 6.07) is 0.634. The second kappa shape index (κ2) is 11.1. The van der Waals surface area contributed by atoms with Gasteiger partial charge in [0, 0.05) is 36.8 Å². The molecular formula is C17H23FeNO. The van der Waals surface area contributed by atoms with E-state index in [4.69, 9.17) is 4.74 Å². The van der Waals surface area contributed by atoms with Gasteiger partial charge in [0.05, 0.1) is 6.61 Å². The van der Waals surface area contributed by atoms with E-state index in [1.54, 1.807) is 7.11 Å². The van der Waals surface area contributed by atoms with Crippen LogP contribution in [0.15, 0.2) is 0 Å². The molecule has 1 atom stereocenters. The van der Waals surface area contributed by atoms with Gasteiger partial charge in [-0.2, -0.15) is 0 Å². The largest absolute Gasteiger partial charge is 0.383 e. The molecule has 0 N–H and O–H groups in total. The molecule has 3 heteroatoms. The Hall–Kier alpha value is 0.439. The molecule has 1 aliphatic heterocycles.